The number of aromatic nitrogens is 1. The maximum Gasteiger partial charge on any atom is 0.371 e. The van der Waals surface area contributed by atoms with Gasteiger partial charge in [0.25, 0.3) is 0 Å². The van der Waals surface area contributed by atoms with Crippen LogP contribution in [0.5, 0.6) is 0 Å². The third-order valence-corrected chi connectivity index (χ3v) is 2.87. The van der Waals surface area contributed by atoms with Crippen molar-refractivity contribution in [2.75, 3.05) is 0 Å². The highest BCUT2D eigenvalue weighted by Gasteiger charge is 2.13. The molecular weight excluding hydrogens is 277 g/mol. The molecule has 0 saturated heterocycles. The fourth-order valence-corrected chi connectivity index (χ4v) is 1.85. The first-order valence-corrected chi connectivity index (χ1v) is 6.06. The van der Waals surface area contributed by atoms with E-state index in [0.717, 1.165) is 0 Å². The van der Waals surface area contributed by atoms with E-state index in [1.54, 1.807) is 30.5 Å². The summed E-state index contributed by atoms with van der Waals surface area (Å²) in [4.78, 5) is 22.4. The number of aliphatic hydroxyl groups excluding tert-OH is 1. The smallest absolute Gasteiger partial charge is 0.371 e. The molecular formula is C15H12FNO4. The Hall–Kier alpha value is -2.89. The summed E-state index contributed by atoms with van der Waals surface area (Å²) in [5.41, 5.74) is 0.556. The molecule has 2 rings (SSSR count). The zero-order chi connectivity index (χ0) is 15.4. The Bertz CT molecular complexity index is 718. The number of carboxylic acid groups (broad SMARTS) is 1. The number of aliphatic carboxylic acids is 1. The molecule has 1 aromatic carbocycles. The Kier molecular flexibility index (Phi) is 4.18. The highest BCUT2D eigenvalue weighted by molar-refractivity contribution is 6.06. The molecule has 0 atom stereocenters. The van der Waals surface area contributed by atoms with Crippen LogP contribution in [-0.4, -0.2) is 26.5 Å². The molecule has 6 heteroatoms. The van der Waals surface area contributed by atoms with Gasteiger partial charge in [-0.05, 0) is 18.2 Å². The minimum absolute atomic E-state index is 0.127. The lowest BCUT2D eigenvalue weighted by atomic mass is 10.2. The van der Waals surface area contributed by atoms with E-state index in [1.165, 1.54) is 16.7 Å². The molecule has 0 aliphatic rings. The third-order valence-electron chi connectivity index (χ3n) is 2.87. The summed E-state index contributed by atoms with van der Waals surface area (Å²) in [5.74, 6) is -3.70. The number of carboxylic acids is 1. The van der Waals surface area contributed by atoms with Gasteiger partial charge in [-0.25, -0.2) is 9.18 Å². The summed E-state index contributed by atoms with van der Waals surface area (Å²) >= 11 is 0. The second-order valence-electron chi connectivity index (χ2n) is 4.31. The van der Waals surface area contributed by atoms with Crippen molar-refractivity contribution < 1.29 is 24.2 Å². The largest absolute Gasteiger partial charge is 0.502 e. The lowest BCUT2D eigenvalue weighted by Gasteiger charge is -2.08. The van der Waals surface area contributed by atoms with E-state index in [0.29, 0.717) is 11.6 Å². The van der Waals surface area contributed by atoms with E-state index in [4.69, 9.17) is 10.2 Å². The number of allylic oxidation sites excluding steroid dienone is 1. The lowest BCUT2D eigenvalue weighted by Crippen LogP contribution is -2.10. The van der Waals surface area contributed by atoms with Crippen LogP contribution in [0.3, 0.4) is 0 Å². The number of hydrogen-bond acceptors (Lipinski definition) is 3. The Morgan fingerprint density at radius 3 is 2.52 bits per heavy atom. The van der Waals surface area contributed by atoms with Gasteiger partial charge < -0.3 is 14.8 Å². The molecule has 0 saturated carbocycles. The van der Waals surface area contributed by atoms with E-state index in [2.05, 4.69) is 0 Å². The molecule has 0 fully saturated rings. The summed E-state index contributed by atoms with van der Waals surface area (Å²) in [7, 11) is 0. The van der Waals surface area contributed by atoms with Gasteiger partial charge in [0.15, 0.2) is 0 Å². The van der Waals surface area contributed by atoms with Crippen molar-refractivity contribution >= 4 is 11.8 Å². The number of carbonyl (C=O) groups excluding carboxylic acids is 1. The first kappa shape index (κ1) is 14.5. The molecule has 0 spiro atoms. The van der Waals surface area contributed by atoms with E-state index >= 15 is 0 Å². The van der Waals surface area contributed by atoms with Crippen molar-refractivity contribution in [3.05, 3.63) is 71.5 Å². The van der Waals surface area contributed by atoms with E-state index < -0.39 is 23.3 Å². The van der Waals surface area contributed by atoms with Gasteiger partial charge in [0.2, 0.25) is 11.5 Å². The molecule has 108 valence electrons. The minimum atomic E-state index is -1.59. The predicted molar refractivity (Wildman–Crippen MR) is 72.6 cm³/mol. The first-order valence-electron chi connectivity index (χ1n) is 6.06. The highest BCUT2D eigenvalue weighted by Crippen LogP contribution is 2.12. The monoisotopic (exact) mass is 289 g/mol. The predicted octanol–water partition coefficient (Wildman–Crippen LogP) is 2.38. The Morgan fingerprint density at radius 1 is 1.14 bits per heavy atom. The average molecular weight is 289 g/mol. The zero-order valence-electron chi connectivity index (χ0n) is 10.9. The molecule has 2 N–H and O–H groups in total. The van der Waals surface area contributed by atoms with E-state index in [1.807, 2.05) is 0 Å². The molecule has 0 aliphatic carbocycles. The molecule has 0 unspecified atom stereocenters. The maximum absolute atomic E-state index is 13.6. The summed E-state index contributed by atoms with van der Waals surface area (Å²) in [6.45, 7) is 0.127. The number of hydrogen-bond donors (Lipinski definition) is 2. The van der Waals surface area contributed by atoms with Crippen LogP contribution in [-0.2, 0) is 11.3 Å². The van der Waals surface area contributed by atoms with Gasteiger partial charge in [-0.3, -0.25) is 4.79 Å². The van der Waals surface area contributed by atoms with Crippen molar-refractivity contribution in [3.8, 4) is 0 Å². The first-order chi connectivity index (χ1) is 9.99. The van der Waals surface area contributed by atoms with Crippen LogP contribution in [0.15, 0.2) is 54.4 Å². The number of carbonyl (C=O) groups is 2. The molecule has 5 nitrogen and oxygen atoms in total. The molecule has 21 heavy (non-hydrogen) atoms. The fourth-order valence-electron chi connectivity index (χ4n) is 1.85. The Labute approximate surface area is 119 Å². The molecule has 2 aromatic rings. The SMILES string of the molecule is O=C(O)C(O)=CC(=O)c1cccn1Cc1ccccc1F. The number of rotatable bonds is 5. The van der Waals surface area contributed by atoms with Gasteiger partial charge in [0.1, 0.15) is 5.82 Å². The second kappa shape index (κ2) is 6.04. The number of ketones is 1. The van der Waals surface area contributed by atoms with Crippen molar-refractivity contribution in [3.63, 3.8) is 0 Å². The highest BCUT2D eigenvalue weighted by atomic mass is 19.1. The summed E-state index contributed by atoms with van der Waals surface area (Å²) in [5, 5.41) is 17.6. The Morgan fingerprint density at radius 2 is 1.86 bits per heavy atom. The van der Waals surface area contributed by atoms with Crippen LogP contribution in [0, 0.1) is 5.82 Å². The number of halogens is 1. The van der Waals surface area contributed by atoms with Gasteiger partial charge in [-0.15, -0.1) is 0 Å². The number of nitrogens with zero attached hydrogens (tertiary/aromatic N) is 1. The third kappa shape index (κ3) is 3.36. The summed E-state index contributed by atoms with van der Waals surface area (Å²) in [6, 6.07) is 9.20. The van der Waals surface area contributed by atoms with Crippen LogP contribution in [0.2, 0.25) is 0 Å². The molecule has 0 radical (unpaired) electrons. The standard InChI is InChI=1S/C15H12FNO4/c16-11-5-2-1-4-10(11)9-17-7-3-6-12(17)13(18)8-14(19)15(20)21/h1-8,19H,9H2,(H,20,21). The average Bonchev–Trinajstić information content (AvgIpc) is 2.89. The van der Waals surface area contributed by atoms with Gasteiger partial charge in [0.05, 0.1) is 12.2 Å². The number of benzene rings is 1. The van der Waals surface area contributed by atoms with Crippen molar-refractivity contribution in [2.24, 2.45) is 0 Å². The Balaban J connectivity index is 2.27. The van der Waals surface area contributed by atoms with Crippen molar-refractivity contribution in [1.29, 1.82) is 0 Å². The van der Waals surface area contributed by atoms with Gasteiger partial charge in [0, 0.05) is 17.8 Å². The van der Waals surface area contributed by atoms with Crippen LogP contribution in [0.4, 0.5) is 4.39 Å². The van der Waals surface area contributed by atoms with Crippen LogP contribution in [0.25, 0.3) is 0 Å². The molecule has 0 bridgehead atoms. The maximum atomic E-state index is 13.6. The molecule has 1 aromatic heterocycles. The van der Waals surface area contributed by atoms with E-state index in [9.17, 15) is 14.0 Å². The van der Waals surface area contributed by atoms with Crippen LogP contribution < -0.4 is 0 Å². The van der Waals surface area contributed by atoms with Crippen molar-refractivity contribution in [1.82, 2.24) is 4.57 Å². The van der Waals surface area contributed by atoms with Gasteiger partial charge in [-0.1, -0.05) is 18.2 Å². The lowest BCUT2D eigenvalue weighted by molar-refractivity contribution is -0.135. The quantitative estimate of drug-likeness (QED) is 0.503. The summed E-state index contributed by atoms with van der Waals surface area (Å²) < 4.78 is 15.1. The zero-order valence-corrected chi connectivity index (χ0v) is 10.9. The van der Waals surface area contributed by atoms with E-state index in [-0.39, 0.29) is 12.2 Å². The van der Waals surface area contributed by atoms with Gasteiger partial charge in [-0.2, -0.15) is 0 Å². The summed E-state index contributed by atoms with van der Waals surface area (Å²) in [6.07, 6.45) is 2.20. The molecule has 1 heterocycles. The topological polar surface area (TPSA) is 79.5 Å². The number of aliphatic hydroxyl groups is 1. The van der Waals surface area contributed by atoms with Gasteiger partial charge >= 0.3 is 5.97 Å². The normalized spacial score (nSPS) is 11.4. The van der Waals surface area contributed by atoms with Crippen molar-refractivity contribution in [2.45, 2.75) is 6.54 Å². The molecule has 0 amide bonds. The van der Waals surface area contributed by atoms with Crippen LogP contribution in [0.1, 0.15) is 16.1 Å². The van der Waals surface area contributed by atoms with Crippen LogP contribution >= 0.6 is 0 Å². The second-order valence-corrected chi connectivity index (χ2v) is 4.31. The molecule has 0 aliphatic heterocycles. The fraction of sp³-hybridized carbons (Fsp3) is 0.0667. The minimum Gasteiger partial charge on any atom is -0.502 e.